The van der Waals surface area contributed by atoms with Gasteiger partial charge < -0.3 is 26.0 Å². The Labute approximate surface area is 163 Å². The fourth-order valence-electron chi connectivity index (χ4n) is 3.24. The summed E-state index contributed by atoms with van der Waals surface area (Å²) < 4.78 is 11.6. The van der Waals surface area contributed by atoms with E-state index >= 15 is 0 Å². The zero-order valence-electron chi connectivity index (χ0n) is 15.9. The van der Waals surface area contributed by atoms with Crippen LogP contribution in [0.3, 0.4) is 0 Å². The Morgan fingerprint density at radius 3 is 2.64 bits per heavy atom. The van der Waals surface area contributed by atoms with Crippen molar-refractivity contribution in [2.75, 3.05) is 14.2 Å². The molecule has 28 heavy (non-hydrogen) atoms. The van der Waals surface area contributed by atoms with Gasteiger partial charge in [0, 0.05) is 5.56 Å². The molecule has 1 aliphatic carbocycles. The summed E-state index contributed by atoms with van der Waals surface area (Å²) >= 11 is 0. The lowest BCUT2D eigenvalue weighted by atomic mass is 10.0. The van der Waals surface area contributed by atoms with Crippen LogP contribution in [0.1, 0.15) is 40.7 Å². The number of esters is 1. The summed E-state index contributed by atoms with van der Waals surface area (Å²) in [7, 11) is 2.78. The molecule has 8 heteroatoms. The molecule has 1 aliphatic rings. The smallest absolute Gasteiger partial charge is 0.341 e. The number of hydrogen-bond donors (Lipinski definition) is 3. The minimum absolute atomic E-state index is 0.185. The van der Waals surface area contributed by atoms with Crippen molar-refractivity contribution in [3.63, 3.8) is 0 Å². The molecule has 0 saturated heterocycles. The van der Waals surface area contributed by atoms with Gasteiger partial charge in [-0.2, -0.15) is 5.10 Å². The van der Waals surface area contributed by atoms with Crippen molar-refractivity contribution in [1.82, 2.24) is 4.68 Å². The molecule has 1 saturated carbocycles. The summed E-state index contributed by atoms with van der Waals surface area (Å²) in [6.45, 7) is 3.84. The van der Waals surface area contributed by atoms with Gasteiger partial charge in [0.05, 0.1) is 37.4 Å². The molecule has 1 atom stereocenters. The van der Waals surface area contributed by atoms with Crippen LogP contribution in [0.2, 0.25) is 0 Å². The van der Waals surface area contributed by atoms with E-state index in [9.17, 15) is 9.90 Å². The van der Waals surface area contributed by atoms with E-state index in [0.29, 0.717) is 28.3 Å². The third-order valence-corrected chi connectivity index (χ3v) is 4.78. The number of rotatable bonds is 7. The predicted molar refractivity (Wildman–Crippen MR) is 107 cm³/mol. The van der Waals surface area contributed by atoms with E-state index < -0.39 is 12.1 Å². The Hall–Kier alpha value is -3.26. The zero-order valence-corrected chi connectivity index (χ0v) is 15.9. The number of aliphatic hydroxyl groups is 1. The van der Waals surface area contributed by atoms with Crippen LogP contribution in [0.15, 0.2) is 35.9 Å². The van der Waals surface area contributed by atoms with E-state index in [1.807, 2.05) is 6.07 Å². The SMILES string of the molecule is C=C(N)c1c(-c2ccc(C(=O)OC)c(OC)c2)cc(C(O)C2CC2)n1/N=C\N. The maximum atomic E-state index is 11.9. The lowest BCUT2D eigenvalue weighted by molar-refractivity contribution is 0.0597. The second-order valence-corrected chi connectivity index (χ2v) is 6.62. The number of aliphatic hydroxyl groups excluding tert-OH is 1. The van der Waals surface area contributed by atoms with Crippen LogP contribution >= 0.6 is 0 Å². The predicted octanol–water partition coefficient (Wildman–Crippen LogP) is 2.07. The molecular weight excluding hydrogens is 360 g/mol. The average Bonchev–Trinajstić information content (AvgIpc) is 3.47. The van der Waals surface area contributed by atoms with Gasteiger partial charge in [-0.25, -0.2) is 9.47 Å². The van der Waals surface area contributed by atoms with Crippen LogP contribution in [0.25, 0.3) is 16.8 Å². The van der Waals surface area contributed by atoms with E-state index in [-0.39, 0.29) is 11.6 Å². The maximum absolute atomic E-state index is 11.9. The monoisotopic (exact) mass is 384 g/mol. The summed E-state index contributed by atoms with van der Waals surface area (Å²) in [4.78, 5) is 11.9. The highest BCUT2D eigenvalue weighted by molar-refractivity contribution is 5.94. The van der Waals surface area contributed by atoms with E-state index in [1.54, 1.807) is 18.2 Å². The molecule has 3 rings (SSSR count). The Balaban J connectivity index is 2.19. The molecule has 2 aromatic rings. The van der Waals surface area contributed by atoms with Gasteiger partial charge in [0.2, 0.25) is 0 Å². The molecule has 1 heterocycles. The van der Waals surface area contributed by atoms with Crippen molar-refractivity contribution in [1.29, 1.82) is 0 Å². The van der Waals surface area contributed by atoms with Crippen LogP contribution in [-0.2, 0) is 4.74 Å². The molecule has 0 bridgehead atoms. The quantitative estimate of drug-likeness (QED) is 0.381. The minimum atomic E-state index is -0.688. The number of aromatic nitrogens is 1. The third kappa shape index (κ3) is 3.46. The molecule has 1 fully saturated rings. The number of benzene rings is 1. The summed E-state index contributed by atoms with van der Waals surface area (Å²) in [6.07, 6.45) is 2.36. The maximum Gasteiger partial charge on any atom is 0.341 e. The van der Waals surface area contributed by atoms with Crippen molar-refractivity contribution in [2.45, 2.75) is 18.9 Å². The summed E-state index contributed by atoms with van der Waals surface area (Å²) in [5.41, 5.74) is 14.7. The summed E-state index contributed by atoms with van der Waals surface area (Å²) in [5, 5.41) is 14.9. The first-order chi connectivity index (χ1) is 13.4. The van der Waals surface area contributed by atoms with Gasteiger partial charge in [-0.1, -0.05) is 12.6 Å². The fraction of sp³-hybridized carbons (Fsp3) is 0.300. The molecule has 1 unspecified atom stereocenters. The molecule has 5 N–H and O–H groups in total. The highest BCUT2D eigenvalue weighted by atomic mass is 16.5. The lowest BCUT2D eigenvalue weighted by Crippen LogP contribution is -2.11. The molecule has 0 aliphatic heterocycles. The number of carbonyl (C=O) groups excluding carboxylic acids is 1. The second-order valence-electron chi connectivity index (χ2n) is 6.62. The van der Waals surface area contributed by atoms with Crippen molar-refractivity contribution < 1.29 is 19.4 Å². The molecule has 0 amide bonds. The Bertz CT molecular complexity index is 944. The number of carbonyl (C=O) groups is 1. The number of nitrogens with two attached hydrogens (primary N) is 2. The first-order valence-corrected chi connectivity index (χ1v) is 8.82. The topological polar surface area (TPSA) is 125 Å². The minimum Gasteiger partial charge on any atom is -0.496 e. The Kier molecular flexibility index (Phi) is 5.41. The second kappa shape index (κ2) is 7.77. The first-order valence-electron chi connectivity index (χ1n) is 8.82. The van der Waals surface area contributed by atoms with Gasteiger partial charge in [-0.3, -0.25) is 0 Å². The van der Waals surface area contributed by atoms with Gasteiger partial charge in [-0.05, 0) is 42.5 Å². The first kappa shape index (κ1) is 19.5. The average molecular weight is 384 g/mol. The van der Waals surface area contributed by atoms with Crippen LogP contribution in [-0.4, -0.2) is 36.3 Å². The third-order valence-electron chi connectivity index (χ3n) is 4.78. The molecular formula is C20H24N4O4. The Morgan fingerprint density at radius 2 is 2.11 bits per heavy atom. The largest absolute Gasteiger partial charge is 0.496 e. The van der Waals surface area contributed by atoms with Gasteiger partial charge in [0.1, 0.15) is 17.7 Å². The number of methoxy groups -OCH3 is 2. The van der Waals surface area contributed by atoms with Gasteiger partial charge in [0.15, 0.2) is 0 Å². The zero-order chi connectivity index (χ0) is 20.4. The van der Waals surface area contributed by atoms with Gasteiger partial charge in [-0.15, -0.1) is 0 Å². The van der Waals surface area contributed by atoms with Crippen molar-refractivity contribution in [3.8, 4) is 16.9 Å². The molecule has 1 aromatic heterocycles. The van der Waals surface area contributed by atoms with Crippen molar-refractivity contribution >= 4 is 18.0 Å². The Morgan fingerprint density at radius 1 is 1.39 bits per heavy atom. The standard InChI is InChI=1S/C20H24N4O4/c1-11(22)18-15(9-16(24(18)23-10-21)19(25)12-4-5-12)13-6-7-14(20(26)28-3)17(8-13)27-2/h6-10,12,19,25H,1,4-5,22H2,2-3H3,(H2,21,23). The van der Waals surface area contributed by atoms with Gasteiger partial charge >= 0.3 is 5.97 Å². The van der Waals surface area contributed by atoms with E-state index in [4.69, 9.17) is 20.9 Å². The molecule has 0 radical (unpaired) electrons. The van der Waals surface area contributed by atoms with E-state index in [2.05, 4.69) is 11.7 Å². The number of nitrogens with zero attached hydrogens (tertiary/aromatic N) is 2. The molecule has 0 spiro atoms. The van der Waals surface area contributed by atoms with Crippen LogP contribution in [0.5, 0.6) is 5.75 Å². The number of ether oxygens (including phenoxy) is 2. The van der Waals surface area contributed by atoms with E-state index in [1.165, 1.54) is 18.9 Å². The molecule has 1 aromatic carbocycles. The highest BCUT2D eigenvalue weighted by Crippen LogP contribution is 2.44. The fourth-order valence-corrected chi connectivity index (χ4v) is 3.24. The molecule has 148 valence electrons. The molecule has 8 nitrogen and oxygen atoms in total. The van der Waals surface area contributed by atoms with Gasteiger partial charge in [0.25, 0.3) is 0 Å². The van der Waals surface area contributed by atoms with E-state index in [0.717, 1.165) is 24.7 Å². The van der Waals surface area contributed by atoms with Crippen molar-refractivity contribution in [2.24, 2.45) is 22.5 Å². The lowest BCUT2D eigenvalue weighted by Gasteiger charge is -2.13. The van der Waals surface area contributed by atoms with Crippen molar-refractivity contribution in [3.05, 3.63) is 47.8 Å². The summed E-state index contributed by atoms with van der Waals surface area (Å²) in [6, 6.07) is 6.89. The number of hydrogen-bond acceptors (Lipinski definition) is 6. The highest BCUT2D eigenvalue weighted by Gasteiger charge is 2.34. The van der Waals surface area contributed by atoms with Crippen LogP contribution < -0.4 is 16.2 Å². The van der Waals surface area contributed by atoms with Crippen LogP contribution in [0, 0.1) is 5.92 Å². The summed E-state index contributed by atoms with van der Waals surface area (Å²) in [5.74, 6) is 0.0453. The van der Waals surface area contributed by atoms with Crippen LogP contribution in [0.4, 0.5) is 0 Å². The normalized spacial score (nSPS) is 14.8.